The Kier molecular flexibility index (Phi) is 5.19. The summed E-state index contributed by atoms with van der Waals surface area (Å²) in [5.41, 5.74) is 9.66. The molecule has 0 saturated heterocycles. The van der Waals surface area contributed by atoms with Crippen LogP contribution in [0.3, 0.4) is 0 Å². The van der Waals surface area contributed by atoms with E-state index in [0.29, 0.717) is 12.4 Å². The first kappa shape index (κ1) is 21.0. The molecular formula is C29H23N3O3. The molecule has 0 unspecified atom stereocenters. The molecule has 0 bridgehead atoms. The third-order valence-corrected chi connectivity index (χ3v) is 6.40. The highest BCUT2D eigenvalue weighted by atomic mass is 16.5. The zero-order valence-corrected chi connectivity index (χ0v) is 19.2. The van der Waals surface area contributed by atoms with Crippen LogP contribution in [0.5, 0.6) is 17.2 Å². The second-order valence-corrected chi connectivity index (χ2v) is 8.53. The van der Waals surface area contributed by atoms with Gasteiger partial charge in [0.15, 0.2) is 11.5 Å². The molecule has 1 aliphatic rings. The smallest absolute Gasteiger partial charge is 0.162 e. The van der Waals surface area contributed by atoms with Crippen LogP contribution in [0.15, 0.2) is 85.2 Å². The lowest BCUT2D eigenvalue weighted by molar-refractivity contribution is 0.284. The lowest BCUT2D eigenvalue weighted by Gasteiger charge is -2.13. The van der Waals surface area contributed by atoms with Crippen LogP contribution in [0.1, 0.15) is 16.7 Å². The molecule has 35 heavy (non-hydrogen) atoms. The van der Waals surface area contributed by atoms with E-state index in [1.165, 1.54) is 11.1 Å². The highest BCUT2D eigenvalue weighted by Gasteiger charge is 2.27. The lowest BCUT2D eigenvalue weighted by atomic mass is 10.0. The Bertz CT molecular complexity index is 1490. The molecule has 0 radical (unpaired) electrons. The van der Waals surface area contributed by atoms with Gasteiger partial charge in [-0.1, -0.05) is 36.4 Å². The average molecular weight is 462 g/mol. The number of nitrogens with one attached hydrogen (secondary N) is 1. The van der Waals surface area contributed by atoms with Gasteiger partial charge in [-0.15, -0.1) is 0 Å². The van der Waals surface area contributed by atoms with Gasteiger partial charge in [0, 0.05) is 35.5 Å². The predicted molar refractivity (Wildman–Crippen MR) is 134 cm³/mol. The Labute approximate surface area is 202 Å². The normalized spacial score (nSPS) is 11.7. The zero-order chi connectivity index (χ0) is 23.8. The lowest BCUT2D eigenvalue weighted by Crippen LogP contribution is -1.99. The summed E-state index contributed by atoms with van der Waals surface area (Å²) in [6.45, 7) is 0.437. The number of aromatic amines is 1. The van der Waals surface area contributed by atoms with Crippen molar-refractivity contribution in [2.45, 2.75) is 13.0 Å². The van der Waals surface area contributed by atoms with Crippen molar-refractivity contribution in [3.05, 3.63) is 102 Å². The van der Waals surface area contributed by atoms with Crippen LogP contribution in [0.25, 0.3) is 33.6 Å². The van der Waals surface area contributed by atoms with E-state index < -0.39 is 0 Å². The van der Waals surface area contributed by atoms with Crippen molar-refractivity contribution in [3.8, 4) is 50.9 Å². The Morgan fingerprint density at radius 2 is 1.54 bits per heavy atom. The monoisotopic (exact) mass is 461 g/mol. The first-order valence-electron chi connectivity index (χ1n) is 11.4. The van der Waals surface area contributed by atoms with Gasteiger partial charge in [-0.05, 0) is 58.7 Å². The maximum absolute atomic E-state index is 9.54. The number of aromatic hydroxyl groups is 1. The number of hydrogen-bond acceptors (Lipinski definition) is 5. The number of nitrogens with zero attached hydrogens (tertiary/aromatic N) is 2. The number of benzene rings is 3. The minimum Gasteiger partial charge on any atom is -0.508 e. The Balaban J connectivity index is 1.29. The third kappa shape index (κ3) is 3.89. The number of fused-ring (bicyclic) bond motifs is 3. The molecule has 0 saturated carbocycles. The molecule has 172 valence electrons. The number of hydrogen-bond donors (Lipinski definition) is 2. The van der Waals surface area contributed by atoms with Gasteiger partial charge in [0.1, 0.15) is 12.4 Å². The van der Waals surface area contributed by atoms with E-state index in [4.69, 9.17) is 9.47 Å². The number of pyridine rings is 1. The summed E-state index contributed by atoms with van der Waals surface area (Å²) < 4.78 is 11.7. The van der Waals surface area contributed by atoms with E-state index in [2.05, 4.69) is 45.5 Å². The fourth-order valence-corrected chi connectivity index (χ4v) is 4.56. The van der Waals surface area contributed by atoms with Crippen LogP contribution in [-0.4, -0.2) is 27.4 Å². The minimum atomic E-state index is 0.263. The maximum Gasteiger partial charge on any atom is 0.162 e. The van der Waals surface area contributed by atoms with Crippen molar-refractivity contribution in [1.82, 2.24) is 15.2 Å². The van der Waals surface area contributed by atoms with Crippen LogP contribution in [0, 0.1) is 0 Å². The van der Waals surface area contributed by atoms with E-state index >= 15 is 0 Å². The van der Waals surface area contributed by atoms with E-state index in [1.807, 2.05) is 30.3 Å². The highest BCUT2D eigenvalue weighted by Crippen LogP contribution is 2.45. The fraction of sp³-hybridized carbons (Fsp3) is 0.103. The summed E-state index contributed by atoms with van der Waals surface area (Å²) in [6, 6.07) is 23.5. The summed E-state index contributed by atoms with van der Waals surface area (Å²) >= 11 is 0. The van der Waals surface area contributed by atoms with Gasteiger partial charge in [-0.3, -0.25) is 10.1 Å². The molecule has 6 rings (SSSR count). The molecule has 1 aliphatic carbocycles. The van der Waals surface area contributed by atoms with Gasteiger partial charge in [0.25, 0.3) is 0 Å². The topological polar surface area (TPSA) is 80.3 Å². The molecule has 0 spiro atoms. The summed E-state index contributed by atoms with van der Waals surface area (Å²) in [6.07, 6.45) is 4.29. The summed E-state index contributed by atoms with van der Waals surface area (Å²) in [5, 5.41) is 17.4. The van der Waals surface area contributed by atoms with Gasteiger partial charge in [-0.2, -0.15) is 5.10 Å². The van der Waals surface area contributed by atoms with Crippen LogP contribution in [0.4, 0.5) is 0 Å². The van der Waals surface area contributed by atoms with E-state index in [1.54, 1.807) is 31.6 Å². The van der Waals surface area contributed by atoms with Gasteiger partial charge in [0.05, 0.1) is 18.5 Å². The zero-order valence-electron chi connectivity index (χ0n) is 19.2. The Morgan fingerprint density at radius 3 is 2.26 bits per heavy atom. The largest absolute Gasteiger partial charge is 0.508 e. The molecule has 2 N–H and O–H groups in total. The standard InChI is InChI=1S/C29H23N3O3/c1-34-26-15-22-14-25-28(21-4-2-19(3-5-21)20-6-8-23(33)9-7-20)31-32-29(25)24(22)16-27(26)35-17-18-10-12-30-13-11-18/h2-13,15-16,33H,14,17H2,1H3,(H,31,32). The highest BCUT2D eigenvalue weighted by molar-refractivity contribution is 5.83. The van der Waals surface area contributed by atoms with E-state index in [-0.39, 0.29) is 5.75 Å². The molecule has 0 fully saturated rings. The molecule has 6 heteroatoms. The van der Waals surface area contributed by atoms with Crippen molar-refractivity contribution < 1.29 is 14.6 Å². The third-order valence-electron chi connectivity index (χ3n) is 6.40. The van der Waals surface area contributed by atoms with Crippen LogP contribution < -0.4 is 9.47 Å². The maximum atomic E-state index is 9.54. The van der Waals surface area contributed by atoms with Crippen molar-refractivity contribution in [3.63, 3.8) is 0 Å². The number of H-pyrrole nitrogens is 1. The fourth-order valence-electron chi connectivity index (χ4n) is 4.56. The Hall–Kier alpha value is -4.58. The number of phenolic OH excluding ortho intramolecular Hbond substituents is 1. The minimum absolute atomic E-state index is 0.263. The quantitative estimate of drug-likeness (QED) is 0.318. The molecule has 3 aromatic carbocycles. The van der Waals surface area contributed by atoms with Crippen molar-refractivity contribution in [1.29, 1.82) is 0 Å². The number of rotatable bonds is 6. The molecule has 2 aromatic heterocycles. The van der Waals surface area contributed by atoms with Gasteiger partial charge in [-0.25, -0.2) is 0 Å². The molecular weight excluding hydrogens is 438 g/mol. The second kappa shape index (κ2) is 8.65. The molecule has 0 amide bonds. The average Bonchev–Trinajstić information content (AvgIpc) is 3.47. The first-order chi connectivity index (χ1) is 17.2. The molecule has 0 atom stereocenters. The molecule has 5 aromatic rings. The van der Waals surface area contributed by atoms with Crippen LogP contribution in [0.2, 0.25) is 0 Å². The van der Waals surface area contributed by atoms with Crippen molar-refractivity contribution in [2.75, 3.05) is 7.11 Å². The SMILES string of the molecule is COc1cc2c(cc1OCc1ccncc1)-c1[nH]nc(-c3ccc(-c4ccc(O)cc4)cc3)c1C2. The molecule has 2 heterocycles. The van der Waals surface area contributed by atoms with Gasteiger partial charge >= 0.3 is 0 Å². The van der Waals surface area contributed by atoms with Gasteiger partial charge in [0.2, 0.25) is 0 Å². The summed E-state index contributed by atoms with van der Waals surface area (Å²) in [4.78, 5) is 4.06. The molecule has 0 aliphatic heterocycles. The molecule has 6 nitrogen and oxygen atoms in total. The summed E-state index contributed by atoms with van der Waals surface area (Å²) in [5.74, 6) is 1.68. The second-order valence-electron chi connectivity index (χ2n) is 8.53. The van der Waals surface area contributed by atoms with Crippen LogP contribution >= 0.6 is 0 Å². The number of phenols is 1. The van der Waals surface area contributed by atoms with Crippen molar-refractivity contribution >= 4 is 0 Å². The first-order valence-corrected chi connectivity index (χ1v) is 11.4. The number of ether oxygens (including phenoxy) is 2. The van der Waals surface area contributed by atoms with E-state index in [9.17, 15) is 5.11 Å². The predicted octanol–water partition coefficient (Wildman–Crippen LogP) is 6.00. The van der Waals surface area contributed by atoms with Crippen molar-refractivity contribution in [2.24, 2.45) is 0 Å². The van der Waals surface area contributed by atoms with Crippen LogP contribution in [-0.2, 0) is 13.0 Å². The summed E-state index contributed by atoms with van der Waals surface area (Å²) in [7, 11) is 1.66. The number of aromatic nitrogens is 3. The van der Waals surface area contributed by atoms with Gasteiger partial charge < -0.3 is 14.6 Å². The number of methoxy groups -OCH3 is 1. The van der Waals surface area contributed by atoms with E-state index in [0.717, 1.165) is 51.4 Å². The Morgan fingerprint density at radius 1 is 0.857 bits per heavy atom.